The molecule has 1 saturated heterocycles. The van der Waals surface area contributed by atoms with Crippen LogP contribution in [0.2, 0.25) is 0 Å². The third-order valence-corrected chi connectivity index (χ3v) is 8.81. The number of allylic oxidation sites excluding steroid dienone is 5. The second-order valence-electron chi connectivity index (χ2n) is 11.3. The molecule has 0 unspecified atom stereocenters. The Morgan fingerprint density at radius 2 is 1.43 bits per heavy atom. The van der Waals surface area contributed by atoms with Crippen LogP contribution in [0.25, 0.3) is 0 Å². The number of fused-ring (bicyclic) bond motifs is 1. The SMILES string of the molecule is CC.CC1(C)/C(=C\C=C\C=C2C(=O)N(c3ccc(F)cc3)C(=S)N(c3ccc(F)cc3)C2=O)N(CCCNC(=O)CCl)c2ccc(S)cc21. The summed E-state index contributed by atoms with van der Waals surface area (Å²) in [5, 5.41) is 2.65. The summed E-state index contributed by atoms with van der Waals surface area (Å²) in [5.41, 5.74) is 3.01. The normalized spacial score (nSPS) is 16.2. The first-order valence-electron chi connectivity index (χ1n) is 15.7. The van der Waals surface area contributed by atoms with Gasteiger partial charge >= 0.3 is 0 Å². The van der Waals surface area contributed by atoms with E-state index in [-0.39, 0.29) is 33.8 Å². The van der Waals surface area contributed by atoms with E-state index in [9.17, 15) is 23.2 Å². The van der Waals surface area contributed by atoms with E-state index in [1.165, 1.54) is 54.6 Å². The molecular weight excluding hydrogens is 686 g/mol. The van der Waals surface area contributed by atoms with Crippen molar-refractivity contribution in [2.75, 3.05) is 33.7 Å². The summed E-state index contributed by atoms with van der Waals surface area (Å²) < 4.78 is 27.5. The Morgan fingerprint density at radius 3 is 1.96 bits per heavy atom. The van der Waals surface area contributed by atoms with Gasteiger partial charge in [-0.15, -0.1) is 24.2 Å². The number of carbonyl (C=O) groups is 3. The zero-order valence-corrected chi connectivity index (χ0v) is 30.0. The number of halogens is 3. The van der Waals surface area contributed by atoms with Crippen LogP contribution in [-0.2, 0) is 19.8 Å². The molecule has 3 aromatic carbocycles. The predicted octanol–water partition coefficient (Wildman–Crippen LogP) is 7.85. The summed E-state index contributed by atoms with van der Waals surface area (Å²) in [4.78, 5) is 44.4. The fourth-order valence-electron chi connectivity index (χ4n) is 5.60. The van der Waals surface area contributed by atoms with Crippen molar-refractivity contribution < 1.29 is 23.2 Å². The van der Waals surface area contributed by atoms with Crippen molar-refractivity contribution in [3.8, 4) is 0 Å². The third-order valence-electron chi connectivity index (χ3n) is 7.92. The van der Waals surface area contributed by atoms with Gasteiger partial charge in [0.05, 0.1) is 11.4 Å². The number of thiocarbonyl (C=S) groups is 1. The van der Waals surface area contributed by atoms with Crippen molar-refractivity contribution in [1.82, 2.24) is 5.32 Å². The molecule has 0 saturated carbocycles. The second kappa shape index (κ2) is 16.4. The lowest BCUT2D eigenvalue weighted by Crippen LogP contribution is -2.57. The first-order chi connectivity index (χ1) is 23.4. The van der Waals surface area contributed by atoms with Gasteiger partial charge in [0.25, 0.3) is 11.8 Å². The van der Waals surface area contributed by atoms with Gasteiger partial charge < -0.3 is 10.2 Å². The monoisotopic (exact) mass is 722 g/mol. The smallest absolute Gasteiger partial charge is 0.270 e. The summed E-state index contributed by atoms with van der Waals surface area (Å²) in [6.45, 7) is 9.27. The van der Waals surface area contributed by atoms with E-state index in [2.05, 4.69) is 36.7 Å². The molecule has 0 spiro atoms. The van der Waals surface area contributed by atoms with Crippen molar-refractivity contribution in [2.24, 2.45) is 0 Å². The molecule has 0 bridgehead atoms. The van der Waals surface area contributed by atoms with E-state index < -0.39 is 28.9 Å². The fourth-order valence-corrected chi connectivity index (χ4v) is 6.27. The maximum Gasteiger partial charge on any atom is 0.270 e. The summed E-state index contributed by atoms with van der Waals surface area (Å²) in [7, 11) is 0. The number of thiol groups is 1. The van der Waals surface area contributed by atoms with Crippen LogP contribution in [0.1, 0.15) is 39.7 Å². The lowest BCUT2D eigenvalue weighted by atomic mass is 9.83. The quantitative estimate of drug-likeness (QED) is 0.0588. The average molecular weight is 723 g/mol. The Kier molecular flexibility index (Phi) is 12.5. The summed E-state index contributed by atoms with van der Waals surface area (Å²) in [6.07, 6.45) is 7.33. The second-order valence-corrected chi connectivity index (χ2v) is 12.5. The zero-order chi connectivity index (χ0) is 35.9. The van der Waals surface area contributed by atoms with Crippen molar-refractivity contribution in [1.29, 1.82) is 0 Å². The molecule has 49 heavy (non-hydrogen) atoms. The Labute approximate surface area is 301 Å². The van der Waals surface area contributed by atoms with Gasteiger partial charge in [0.2, 0.25) is 5.91 Å². The molecule has 7 nitrogen and oxygen atoms in total. The number of alkyl halides is 1. The number of anilines is 3. The summed E-state index contributed by atoms with van der Waals surface area (Å²) in [5.74, 6) is -2.70. The van der Waals surface area contributed by atoms with Crippen LogP contribution in [0.4, 0.5) is 25.8 Å². The van der Waals surface area contributed by atoms with Gasteiger partial charge in [-0.3, -0.25) is 24.2 Å². The van der Waals surface area contributed by atoms with Gasteiger partial charge in [-0.1, -0.05) is 39.8 Å². The number of hydrogen-bond acceptors (Lipinski definition) is 6. The molecule has 0 aliphatic carbocycles. The highest BCUT2D eigenvalue weighted by Gasteiger charge is 2.41. The molecule has 2 aliphatic heterocycles. The number of carbonyl (C=O) groups excluding carboxylic acids is 3. The Bertz CT molecular complexity index is 1760. The molecule has 3 amide bonds. The van der Waals surface area contributed by atoms with Crippen molar-refractivity contribution in [3.05, 3.63) is 120 Å². The number of amides is 3. The predicted molar refractivity (Wildman–Crippen MR) is 199 cm³/mol. The van der Waals surface area contributed by atoms with E-state index in [0.717, 1.165) is 31.6 Å². The van der Waals surface area contributed by atoms with E-state index in [1.807, 2.05) is 38.1 Å². The number of nitrogens with zero attached hydrogens (tertiary/aromatic N) is 3. The van der Waals surface area contributed by atoms with Crippen LogP contribution in [0.3, 0.4) is 0 Å². The molecule has 3 aromatic rings. The number of nitrogens with one attached hydrogen (secondary N) is 1. The van der Waals surface area contributed by atoms with Crippen LogP contribution in [0, 0.1) is 11.6 Å². The minimum absolute atomic E-state index is 0.101. The molecule has 2 aliphatic rings. The van der Waals surface area contributed by atoms with Crippen LogP contribution < -0.4 is 20.0 Å². The third kappa shape index (κ3) is 8.12. The van der Waals surface area contributed by atoms with Crippen molar-refractivity contribution >= 4 is 76.3 Å². The zero-order valence-electron chi connectivity index (χ0n) is 27.5. The largest absolute Gasteiger partial charge is 0.355 e. The molecule has 5 rings (SSSR count). The van der Waals surface area contributed by atoms with Crippen LogP contribution in [-0.4, -0.2) is 41.8 Å². The van der Waals surface area contributed by atoms with Gasteiger partial charge in [-0.25, -0.2) is 8.78 Å². The lowest BCUT2D eigenvalue weighted by molar-refractivity contribution is -0.121. The van der Waals surface area contributed by atoms with E-state index in [1.54, 1.807) is 12.2 Å². The Balaban J connectivity index is 0.00000265. The first kappa shape index (κ1) is 37.5. The molecule has 2 heterocycles. The molecule has 0 aromatic heterocycles. The summed E-state index contributed by atoms with van der Waals surface area (Å²) in [6, 6.07) is 16.3. The van der Waals surface area contributed by atoms with Gasteiger partial charge in [-0.05, 0) is 103 Å². The highest BCUT2D eigenvalue weighted by molar-refractivity contribution is 7.81. The fraction of sp³-hybridized carbons (Fsp3) is 0.243. The minimum Gasteiger partial charge on any atom is -0.355 e. The van der Waals surface area contributed by atoms with Crippen molar-refractivity contribution in [3.63, 3.8) is 0 Å². The van der Waals surface area contributed by atoms with E-state index >= 15 is 0 Å². The van der Waals surface area contributed by atoms with Gasteiger partial charge in [0, 0.05) is 34.8 Å². The highest BCUT2D eigenvalue weighted by atomic mass is 35.5. The molecule has 12 heteroatoms. The topological polar surface area (TPSA) is 73.0 Å². The van der Waals surface area contributed by atoms with Gasteiger partial charge in [0.15, 0.2) is 5.11 Å². The average Bonchev–Trinajstić information content (AvgIpc) is 3.29. The Hall–Kier alpha value is -4.32. The summed E-state index contributed by atoms with van der Waals surface area (Å²) >= 11 is 15.7. The van der Waals surface area contributed by atoms with Crippen molar-refractivity contribution in [2.45, 2.75) is 44.4 Å². The lowest BCUT2D eigenvalue weighted by Gasteiger charge is -2.36. The molecule has 256 valence electrons. The van der Waals surface area contributed by atoms with Crippen LogP contribution >= 0.6 is 36.4 Å². The van der Waals surface area contributed by atoms with E-state index in [0.29, 0.717) is 19.5 Å². The van der Waals surface area contributed by atoms with Gasteiger partial charge in [-0.2, -0.15) is 0 Å². The molecule has 0 atom stereocenters. The maximum absolute atomic E-state index is 13.7. The Morgan fingerprint density at radius 1 is 0.898 bits per heavy atom. The van der Waals surface area contributed by atoms with Gasteiger partial charge in [0.1, 0.15) is 23.1 Å². The number of rotatable bonds is 9. The molecule has 1 N–H and O–H groups in total. The van der Waals surface area contributed by atoms with E-state index in [4.69, 9.17) is 23.8 Å². The minimum atomic E-state index is -0.683. The molecule has 0 radical (unpaired) electrons. The molecule has 1 fully saturated rings. The highest BCUT2D eigenvalue weighted by Crippen LogP contribution is 2.48. The number of benzene rings is 3. The molecular formula is C37H37ClF2N4O3S2. The van der Waals surface area contributed by atoms with Crippen LogP contribution in [0.5, 0.6) is 0 Å². The first-order valence-corrected chi connectivity index (χ1v) is 17.1. The maximum atomic E-state index is 13.7. The standard InChI is InChI=1S/C35H31ClF2N4O3S2.C2H6/c1-35(2)28-20-26(46)16-17-29(28)40(19-5-18-39-31(43)21-36)30(35)7-4-3-6-27-32(44)41(24-12-8-22(37)9-13-24)34(47)42(33(27)45)25-14-10-23(38)11-15-25;1-2/h3-4,6-17,20,46H,5,18-19,21H2,1-2H3,(H,39,43);1-2H3/b4-3+,30-7+;. The number of hydrogen-bond donors (Lipinski definition) is 2. The van der Waals surface area contributed by atoms with Crippen LogP contribution in [0.15, 0.2) is 107 Å².